The maximum absolute atomic E-state index is 5.50. The monoisotopic (exact) mass is 442 g/mol. The highest BCUT2D eigenvalue weighted by Gasteiger charge is 2.21. The molecule has 2 aliphatic heterocycles. The van der Waals surface area contributed by atoms with Crippen LogP contribution in [-0.4, -0.2) is 72.0 Å². The predicted octanol–water partition coefficient (Wildman–Crippen LogP) is 2.64. The molecule has 32 heavy (non-hydrogen) atoms. The zero-order valence-corrected chi connectivity index (χ0v) is 19.3. The molecule has 0 aliphatic carbocycles. The van der Waals surface area contributed by atoms with Crippen molar-refractivity contribution < 1.29 is 14.0 Å². The molecule has 4 rings (SSSR count). The van der Waals surface area contributed by atoms with Gasteiger partial charge in [0.15, 0.2) is 23.3 Å². The zero-order valence-electron chi connectivity index (χ0n) is 19.3. The molecule has 1 fully saturated rings. The lowest BCUT2D eigenvalue weighted by atomic mass is 10.1. The molecule has 9 heteroatoms. The average molecular weight is 443 g/mol. The second kappa shape index (κ2) is 10.7. The van der Waals surface area contributed by atoms with Crippen LogP contribution in [0.4, 0.5) is 0 Å². The first kappa shape index (κ1) is 22.4. The Bertz CT molecular complexity index is 905. The first-order valence-electron chi connectivity index (χ1n) is 11.6. The number of piperazine rings is 1. The third-order valence-corrected chi connectivity index (χ3v) is 5.66. The number of hydrogen-bond donors (Lipinski definition) is 1. The van der Waals surface area contributed by atoms with Crippen molar-refractivity contribution in [1.82, 2.24) is 25.3 Å². The number of aromatic nitrogens is 2. The molecule has 1 aromatic carbocycles. The van der Waals surface area contributed by atoms with Crippen LogP contribution in [0.15, 0.2) is 27.7 Å². The number of ether oxygens (including phenoxy) is 2. The summed E-state index contributed by atoms with van der Waals surface area (Å²) in [5.74, 6) is 4.44. The first-order chi connectivity index (χ1) is 15.6. The Balaban J connectivity index is 1.24. The smallest absolute Gasteiger partial charge is 0.231 e. The molecule has 0 radical (unpaired) electrons. The highest BCUT2D eigenvalue weighted by molar-refractivity contribution is 5.80. The molecule has 0 unspecified atom stereocenters. The van der Waals surface area contributed by atoms with Crippen molar-refractivity contribution in [3.63, 3.8) is 0 Å². The molecular weight excluding hydrogens is 408 g/mol. The Labute approximate surface area is 189 Å². The fraction of sp³-hybridized carbons (Fsp3) is 0.609. The van der Waals surface area contributed by atoms with Crippen LogP contribution in [0, 0.1) is 0 Å². The van der Waals surface area contributed by atoms with Crippen molar-refractivity contribution in [3.05, 3.63) is 35.5 Å². The predicted molar refractivity (Wildman–Crippen MR) is 122 cm³/mol. The molecule has 1 N–H and O–H groups in total. The maximum Gasteiger partial charge on any atom is 0.231 e. The van der Waals surface area contributed by atoms with Gasteiger partial charge in [-0.15, -0.1) is 0 Å². The van der Waals surface area contributed by atoms with Crippen LogP contribution < -0.4 is 14.8 Å². The van der Waals surface area contributed by atoms with Gasteiger partial charge >= 0.3 is 0 Å². The Kier molecular flexibility index (Phi) is 7.47. The topological polar surface area (TPSA) is 88.2 Å². The summed E-state index contributed by atoms with van der Waals surface area (Å²) < 4.78 is 16.2. The summed E-state index contributed by atoms with van der Waals surface area (Å²) in [5, 5.41) is 7.46. The van der Waals surface area contributed by atoms with E-state index in [2.05, 4.69) is 58.2 Å². The van der Waals surface area contributed by atoms with Crippen LogP contribution in [0.5, 0.6) is 11.5 Å². The van der Waals surface area contributed by atoms with Gasteiger partial charge in [0.1, 0.15) is 0 Å². The number of fused-ring (bicyclic) bond motifs is 1. The molecule has 1 aromatic heterocycles. The number of hydrogen-bond acceptors (Lipinski definition) is 7. The van der Waals surface area contributed by atoms with E-state index in [1.807, 2.05) is 6.07 Å². The van der Waals surface area contributed by atoms with Crippen LogP contribution >= 0.6 is 0 Å². The summed E-state index contributed by atoms with van der Waals surface area (Å²) in [4.78, 5) is 14.1. The molecule has 1 saturated heterocycles. The Morgan fingerprint density at radius 2 is 1.97 bits per heavy atom. The van der Waals surface area contributed by atoms with Crippen molar-refractivity contribution in [2.45, 2.75) is 46.1 Å². The summed E-state index contributed by atoms with van der Waals surface area (Å²) >= 11 is 0. The van der Waals surface area contributed by atoms with Crippen molar-refractivity contribution >= 4 is 5.96 Å². The van der Waals surface area contributed by atoms with E-state index in [1.54, 1.807) is 0 Å². The summed E-state index contributed by atoms with van der Waals surface area (Å²) in [6.07, 6.45) is 1.64. The largest absolute Gasteiger partial charge is 0.454 e. The van der Waals surface area contributed by atoms with Gasteiger partial charge in [-0.3, -0.25) is 9.89 Å². The number of guanidine groups is 1. The van der Waals surface area contributed by atoms with Crippen LogP contribution in [0.2, 0.25) is 0 Å². The summed E-state index contributed by atoms with van der Waals surface area (Å²) in [6, 6.07) is 6.22. The normalized spacial score (nSPS) is 16.8. The molecule has 174 valence electrons. The fourth-order valence-corrected chi connectivity index (χ4v) is 3.86. The molecule has 9 nitrogen and oxygen atoms in total. The molecule has 0 atom stereocenters. The Morgan fingerprint density at radius 3 is 2.72 bits per heavy atom. The van der Waals surface area contributed by atoms with E-state index in [-0.39, 0.29) is 5.92 Å². The summed E-state index contributed by atoms with van der Waals surface area (Å²) in [6.45, 7) is 13.0. The molecule has 3 heterocycles. The number of benzene rings is 1. The van der Waals surface area contributed by atoms with Gasteiger partial charge in [0.2, 0.25) is 12.7 Å². The third kappa shape index (κ3) is 5.70. The van der Waals surface area contributed by atoms with Crippen molar-refractivity contribution in [3.8, 4) is 11.5 Å². The van der Waals surface area contributed by atoms with E-state index in [9.17, 15) is 0 Å². The summed E-state index contributed by atoms with van der Waals surface area (Å²) in [7, 11) is 0. The minimum Gasteiger partial charge on any atom is -0.454 e. The molecule has 0 spiro atoms. The fourth-order valence-electron chi connectivity index (χ4n) is 3.86. The number of rotatable bonds is 8. The standard InChI is InChI=1S/C23H34N6O3/c1-4-24-23(25-9-5-6-21-26-22(17(2)3)27-32-21)29-12-10-28(11-13-29)15-18-7-8-19-20(14-18)31-16-30-19/h7-8,14,17H,4-6,9-13,15-16H2,1-3H3,(H,24,25). The lowest BCUT2D eigenvalue weighted by molar-refractivity contribution is 0.171. The minimum absolute atomic E-state index is 0.287. The molecule has 0 saturated carbocycles. The second-order valence-electron chi connectivity index (χ2n) is 8.49. The highest BCUT2D eigenvalue weighted by Crippen LogP contribution is 2.32. The molecular formula is C23H34N6O3. The van der Waals surface area contributed by atoms with E-state index in [0.717, 1.165) is 81.9 Å². The summed E-state index contributed by atoms with van der Waals surface area (Å²) in [5.41, 5.74) is 1.25. The number of nitrogens with one attached hydrogen (secondary N) is 1. The van der Waals surface area contributed by atoms with E-state index >= 15 is 0 Å². The van der Waals surface area contributed by atoms with E-state index < -0.39 is 0 Å². The van der Waals surface area contributed by atoms with E-state index in [4.69, 9.17) is 19.0 Å². The molecule has 2 aromatic rings. The van der Waals surface area contributed by atoms with Crippen molar-refractivity contribution in [1.29, 1.82) is 0 Å². The third-order valence-electron chi connectivity index (χ3n) is 5.66. The molecule has 0 amide bonds. The van der Waals surface area contributed by atoms with Gasteiger partial charge in [-0.05, 0) is 31.0 Å². The number of nitrogens with zero attached hydrogens (tertiary/aromatic N) is 5. The maximum atomic E-state index is 5.50. The van der Waals surface area contributed by atoms with Gasteiger partial charge in [-0.2, -0.15) is 4.98 Å². The SMILES string of the molecule is CCNC(=NCCCc1nc(C(C)C)no1)N1CCN(Cc2ccc3c(c2)OCO3)CC1. The second-order valence-corrected chi connectivity index (χ2v) is 8.49. The van der Waals surface area contributed by atoms with E-state index in [1.165, 1.54) is 5.56 Å². The van der Waals surface area contributed by atoms with Gasteiger partial charge in [0.05, 0.1) is 0 Å². The number of aryl methyl sites for hydroxylation is 1. The lowest BCUT2D eigenvalue weighted by Crippen LogP contribution is -2.52. The van der Waals surface area contributed by atoms with Crippen LogP contribution in [0.25, 0.3) is 0 Å². The van der Waals surface area contributed by atoms with Crippen LogP contribution in [0.3, 0.4) is 0 Å². The Hall–Kier alpha value is -2.81. The minimum atomic E-state index is 0.287. The van der Waals surface area contributed by atoms with Crippen molar-refractivity contribution in [2.75, 3.05) is 46.1 Å². The number of aliphatic imine (C=N–C) groups is 1. The average Bonchev–Trinajstić information content (AvgIpc) is 3.46. The van der Waals surface area contributed by atoms with Gasteiger partial charge in [-0.25, -0.2) is 0 Å². The first-order valence-corrected chi connectivity index (χ1v) is 11.6. The van der Waals surface area contributed by atoms with Gasteiger partial charge in [0, 0.05) is 58.2 Å². The van der Waals surface area contributed by atoms with Crippen molar-refractivity contribution in [2.24, 2.45) is 4.99 Å². The zero-order chi connectivity index (χ0) is 22.3. The van der Waals surface area contributed by atoms with Crippen LogP contribution in [-0.2, 0) is 13.0 Å². The van der Waals surface area contributed by atoms with Crippen LogP contribution in [0.1, 0.15) is 50.4 Å². The Morgan fingerprint density at radius 1 is 1.16 bits per heavy atom. The van der Waals surface area contributed by atoms with Gasteiger partial charge in [-0.1, -0.05) is 25.1 Å². The van der Waals surface area contributed by atoms with Gasteiger partial charge in [0.25, 0.3) is 0 Å². The molecule has 2 aliphatic rings. The lowest BCUT2D eigenvalue weighted by Gasteiger charge is -2.36. The quantitative estimate of drug-likeness (QED) is 0.379. The highest BCUT2D eigenvalue weighted by atomic mass is 16.7. The van der Waals surface area contributed by atoms with E-state index in [0.29, 0.717) is 12.7 Å². The molecule has 0 bridgehead atoms. The van der Waals surface area contributed by atoms with Gasteiger partial charge < -0.3 is 24.2 Å².